The third kappa shape index (κ3) is 3.96. The monoisotopic (exact) mass is 404 g/mol. The van der Waals surface area contributed by atoms with E-state index in [2.05, 4.69) is 0 Å². The number of carbonyl (C=O) groups excluding carboxylic acids is 3. The number of hydrogen-bond acceptors (Lipinski definition) is 5. The van der Waals surface area contributed by atoms with Gasteiger partial charge >= 0.3 is 11.9 Å². The highest BCUT2D eigenvalue weighted by molar-refractivity contribution is 6.11. The third-order valence-electron chi connectivity index (χ3n) is 5.10. The summed E-state index contributed by atoms with van der Waals surface area (Å²) < 4.78 is 10.2. The Morgan fingerprint density at radius 2 is 1.27 bits per heavy atom. The molecule has 0 heterocycles. The second-order valence-electron chi connectivity index (χ2n) is 7.03. The van der Waals surface area contributed by atoms with E-state index in [-0.39, 0.29) is 19.0 Å². The molecule has 0 aliphatic heterocycles. The van der Waals surface area contributed by atoms with Gasteiger partial charge < -0.3 is 9.47 Å². The van der Waals surface area contributed by atoms with Gasteiger partial charge in [0.15, 0.2) is 11.2 Å². The van der Waals surface area contributed by atoms with Crippen LogP contribution in [0.4, 0.5) is 0 Å². The van der Waals surface area contributed by atoms with E-state index in [1.807, 2.05) is 36.4 Å². The van der Waals surface area contributed by atoms with Crippen LogP contribution in [0.5, 0.6) is 0 Å². The Morgan fingerprint density at radius 3 is 1.83 bits per heavy atom. The fourth-order valence-electron chi connectivity index (χ4n) is 3.32. The van der Waals surface area contributed by atoms with Crippen LogP contribution < -0.4 is 0 Å². The smallest absolute Gasteiger partial charge is 0.327 e. The number of benzene rings is 3. The van der Waals surface area contributed by atoms with Crippen molar-refractivity contribution in [2.24, 2.45) is 0 Å². The van der Waals surface area contributed by atoms with E-state index in [9.17, 15) is 14.4 Å². The zero-order valence-electron chi connectivity index (χ0n) is 17.3. The zero-order chi connectivity index (χ0) is 21.7. The maximum atomic E-state index is 12.9. The van der Waals surface area contributed by atoms with Crippen LogP contribution in [-0.2, 0) is 24.5 Å². The number of carbonyl (C=O) groups is 3. The molecule has 0 aliphatic carbocycles. The molecule has 0 fully saturated rings. The average Bonchev–Trinajstić information content (AvgIpc) is 2.78. The van der Waals surface area contributed by atoms with Gasteiger partial charge in [-0.25, -0.2) is 0 Å². The van der Waals surface area contributed by atoms with Gasteiger partial charge in [-0.1, -0.05) is 60.7 Å². The van der Waals surface area contributed by atoms with Gasteiger partial charge in [-0.2, -0.15) is 0 Å². The number of esters is 2. The molecule has 0 bridgehead atoms. The number of ether oxygens (including phenoxy) is 2. The summed E-state index contributed by atoms with van der Waals surface area (Å²) in [4.78, 5) is 38.1. The molecule has 3 aromatic carbocycles. The van der Waals surface area contributed by atoms with Gasteiger partial charge in [-0.3, -0.25) is 14.4 Å². The van der Waals surface area contributed by atoms with Crippen LogP contribution in [0.25, 0.3) is 10.8 Å². The van der Waals surface area contributed by atoms with E-state index < -0.39 is 17.4 Å². The fraction of sp³-hybridized carbons (Fsp3) is 0.240. The van der Waals surface area contributed by atoms with Gasteiger partial charge in [-0.05, 0) is 43.2 Å². The fourth-order valence-corrected chi connectivity index (χ4v) is 3.32. The number of fused-ring (bicyclic) bond motifs is 1. The van der Waals surface area contributed by atoms with Crippen molar-refractivity contribution in [2.45, 2.75) is 26.2 Å². The van der Waals surface area contributed by atoms with Crippen molar-refractivity contribution in [1.29, 1.82) is 0 Å². The van der Waals surface area contributed by atoms with Gasteiger partial charge in [0.2, 0.25) is 0 Å². The summed E-state index contributed by atoms with van der Waals surface area (Å²) in [5, 5.41) is 2.04. The van der Waals surface area contributed by atoms with Crippen molar-refractivity contribution in [2.75, 3.05) is 13.2 Å². The minimum atomic E-state index is -1.60. The highest BCUT2D eigenvalue weighted by atomic mass is 16.6. The second kappa shape index (κ2) is 8.91. The first-order chi connectivity index (χ1) is 14.4. The molecule has 5 heteroatoms. The molecule has 0 aromatic heterocycles. The molecule has 0 amide bonds. The molecule has 3 aromatic rings. The molecular formula is C25H24O5. The average molecular weight is 404 g/mol. The summed E-state index contributed by atoms with van der Waals surface area (Å²) in [5.74, 6) is -1.50. The van der Waals surface area contributed by atoms with Crippen LogP contribution in [0.3, 0.4) is 0 Å². The highest BCUT2D eigenvalue weighted by Gasteiger charge is 2.46. The molecule has 0 atom stereocenters. The van der Waals surface area contributed by atoms with Gasteiger partial charge in [-0.15, -0.1) is 0 Å². The first kappa shape index (κ1) is 21.2. The molecule has 0 saturated carbocycles. The van der Waals surface area contributed by atoms with E-state index in [0.717, 1.165) is 10.8 Å². The Kier molecular flexibility index (Phi) is 6.31. The number of rotatable bonds is 7. The molecule has 0 N–H and O–H groups in total. The maximum Gasteiger partial charge on any atom is 0.327 e. The summed E-state index contributed by atoms with van der Waals surface area (Å²) in [5.41, 5.74) is -0.158. The van der Waals surface area contributed by atoms with Gasteiger partial charge in [0, 0.05) is 11.1 Å². The van der Waals surface area contributed by atoms with Crippen LogP contribution in [0, 0.1) is 0 Å². The second-order valence-corrected chi connectivity index (χ2v) is 7.03. The first-order valence-electron chi connectivity index (χ1n) is 9.90. The maximum absolute atomic E-state index is 12.9. The first-order valence-corrected chi connectivity index (χ1v) is 9.90. The van der Waals surface area contributed by atoms with E-state index in [1.165, 1.54) is 6.92 Å². The van der Waals surface area contributed by atoms with Gasteiger partial charge in [0.05, 0.1) is 13.2 Å². The van der Waals surface area contributed by atoms with E-state index in [0.29, 0.717) is 16.7 Å². The van der Waals surface area contributed by atoms with Crippen LogP contribution in [0.2, 0.25) is 0 Å². The van der Waals surface area contributed by atoms with Crippen molar-refractivity contribution >= 4 is 28.5 Å². The van der Waals surface area contributed by atoms with Crippen molar-refractivity contribution in [1.82, 2.24) is 0 Å². The van der Waals surface area contributed by atoms with Crippen molar-refractivity contribution < 1.29 is 23.9 Å². The van der Waals surface area contributed by atoms with Crippen molar-refractivity contribution in [3.05, 3.63) is 83.4 Å². The molecule has 0 spiro atoms. The van der Waals surface area contributed by atoms with Gasteiger partial charge in [0.1, 0.15) is 0 Å². The van der Waals surface area contributed by atoms with Crippen LogP contribution >= 0.6 is 0 Å². The van der Waals surface area contributed by atoms with Crippen molar-refractivity contribution in [3.8, 4) is 0 Å². The zero-order valence-corrected chi connectivity index (χ0v) is 17.3. The highest BCUT2D eigenvalue weighted by Crippen LogP contribution is 2.28. The molecule has 0 unspecified atom stereocenters. The van der Waals surface area contributed by atoms with E-state index >= 15 is 0 Å². The van der Waals surface area contributed by atoms with Crippen LogP contribution in [0.15, 0.2) is 66.7 Å². The Labute approximate surface area is 175 Å². The SMILES string of the molecule is CCOC(=O)C(C)(C(=O)OCC)c1ccc(C(=O)c2ccc3ccccc3c2)cc1. The normalized spacial score (nSPS) is 11.2. The summed E-state index contributed by atoms with van der Waals surface area (Å²) in [6.45, 7) is 5.12. The molecular weight excluding hydrogens is 380 g/mol. The Bertz CT molecular complexity index is 1060. The van der Waals surface area contributed by atoms with Crippen LogP contribution in [-0.4, -0.2) is 30.9 Å². The number of hydrogen-bond donors (Lipinski definition) is 0. The predicted molar refractivity (Wildman–Crippen MR) is 114 cm³/mol. The molecule has 3 rings (SSSR count). The third-order valence-corrected chi connectivity index (χ3v) is 5.10. The van der Waals surface area contributed by atoms with Crippen molar-refractivity contribution in [3.63, 3.8) is 0 Å². The minimum absolute atomic E-state index is 0.138. The molecule has 0 saturated heterocycles. The van der Waals surface area contributed by atoms with E-state index in [4.69, 9.17) is 9.47 Å². The number of ketones is 1. The summed E-state index contributed by atoms with van der Waals surface area (Å²) in [7, 11) is 0. The molecule has 154 valence electrons. The molecule has 30 heavy (non-hydrogen) atoms. The minimum Gasteiger partial charge on any atom is -0.465 e. The predicted octanol–water partition coefficient (Wildman–Crippen LogP) is 4.45. The van der Waals surface area contributed by atoms with E-state index in [1.54, 1.807) is 44.2 Å². The Morgan fingerprint density at radius 1 is 0.733 bits per heavy atom. The largest absolute Gasteiger partial charge is 0.465 e. The lowest BCUT2D eigenvalue weighted by Crippen LogP contribution is -2.43. The van der Waals surface area contributed by atoms with Gasteiger partial charge in [0.25, 0.3) is 0 Å². The van der Waals surface area contributed by atoms with Crippen LogP contribution in [0.1, 0.15) is 42.3 Å². The standard InChI is InChI=1S/C25H24O5/c1-4-29-23(27)25(3,24(28)30-5-2)21-14-12-18(13-15-21)22(26)20-11-10-17-8-6-7-9-19(17)16-20/h6-16H,4-5H2,1-3H3. The Hall–Kier alpha value is -3.47. The summed E-state index contributed by atoms with van der Waals surface area (Å²) in [6.07, 6.45) is 0. The summed E-state index contributed by atoms with van der Waals surface area (Å²) in [6, 6.07) is 19.8. The molecule has 0 radical (unpaired) electrons. The lowest BCUT2D eigenvalue weighted by molar-refractivity contribution is -0.163. The Balaban J connectivity index is 1.93. The quantitative estimate of drug-likeness (QED) is 0.330. The lowest BCUT2D eigenvalue weighted by atomic mass is 9.81. The lowest BCUT2D eigenvalue weighted by Gasteiger charge is -2.25. The molecule has 5 nitrogen and oxygen atoms in total. The summed E-state index contributed by atoms with van der Waals surface area (Å²) >= 11 is 0. The topological polar surface area (TPSA) is 69.7 Å². The molecule has 0 aliphatic rings.